The van der Waals surface area contributed by atoms with E-state index in [9.17, 15) is 0 Å². The van der Waals surface area contributed by atoms with Gasteiger partial charge in [0.25, 0.3) is 0 Å². The van der Waals surface area contributed by atoms with E-state index >= 15 is 0 Å². The Hall–Kier alpha value is -3.68. The van der Waals surface area contributed by atoms with Crippen molar-refractivity contribution in [2.75, 3.05) is 16.9 Å². The van der Waals surface area contributed by atoms with Gasteiger partial charge < -0.3 is 16.2 Å². The number of hydrogen-bond acceptors (Lipinski definition) is 8. The van der Waals surface area contributed by atoms with E-state index in [0.29, 0.717) is 5.75 Å². The Morgan fingerprint density at radius 3 is 2.33 bits per heavy atom. The Balaban J connectivity index is 1.68. The highest BCUT2D eigenvalue weighted by Gasteiger charge is 2.00. The molecule has 0 fully saturated rings. The van der Waals surface area contributed by atoms with Crippen molar-refractivity contribution in [2.45, 2.75) is 0 Å². The van der Waals surface area contributed by atoms with Crippen molar-refractivity contribution in [1.29, 1.82) is 0 Å². The normalized spacial score (nSPS) is 10.7. The zero-order chi connectivity index (χ0) is 16.8. The first-order valence-corrected chi connectivity index (χ1v) is 7.08. The lowest BCUT2D eigenvalue weighted by Crippen LogP contribution is -2.06. The zero-order valence-electron chi connectivity index (χ0n) is 12.6. The Morgan fingerprint density at radius 1 is 0.875 bits per heavy atom. The molecule has 1 aromatic heterocycles. The van der Waals surface area contributed by atoms with Crippen molar-refractivity contribution in [2.24, 2.45) is 5.10 Å². The van der Waals surface area contributed by atoms with E-state index in [0.717, 1.165) is 11.3 Å². The molecule has 0 radical (unpaired) electrons. The second-order valence-electron chi connectivity index (χ2n) is 4.73. The lowest BCUT2D eigenvalue weighted by molar-refractivity contribution is 0.482. The first-order valence-electron chi connectivity index (χ1n) is 7.08. The van der Waals surface area contributed by atoms with Crippen molar-refractivity contribution in [3.05, 3.63) is 60.2 Å². The Labute approximate surface area is 138 Å². The number of hydrogen-bond donors (Lipinski definition) is 3. The second-order valence-corrected chi connectivity index (χ2v) is 4.73. The number of ether oxygens (including phenoxy) is 1. The van der Waals surface area contributed by atoms with Crippen LogP contribution in [0.1, 0.15) is 5.56 Å². The highest BCUT2D eigenvalue weighted by Crippen LogP contribution is 2.21. The maximum Gasteiger partial charge on any atom is 0.250 e. The summed E-state index contributed by atoms with van der Waals surface area (Å²) < 4.78 is 5.77. The summed E-state index contributed by atoms with van der Waals surface area (Å²) in [6.07, 6.45) is 1.61. The highest BCUT2D eigenvalue weighted by molar-refractivity contribution is 5.80. The molecule has 0 bridgehead atoms. The molecule has 1 heterocycles. The number of aromatic nitrogens is 3. The summed E-state index contributed by atoms with van der Waals surface area (Å²) in [6.45, 7) is 0. The van der Waals surface area contributed by atoms with E-state index in [4.69, 9.17) is 16.2 Å². The van der Waals surface area contributed by atoms with Crippen LogP contribution in [0.2, 0.25) is 0 Å². The number of nitrogens with two attached hydrogens (primary N) is 2. The minimum absolute atomic E-state index is 0.0264. The van der Waals surface area contributed by atoms with Gasteiger partial charge in [-0.1, -0.05) is 30.3 Å². The summed E-state index contributed by atoms with van der Waals surface area (Å²) in [7, 11) is 0. The first kappa shape index (κ1) is 15.2. The SMILES string of the molecule is Nc1nc(N)nc(N/N=C\c2cccc(Oc3ccccc3)c2)n1. The van der Waals surface area contributed by atoms with Crippen LogP contribution in [-0.2, 0) is 0 Å². The molecule has 0 amide bonds. The number of para-hydroxylation sites is 1. The largest absolute Gasteiger partial charge is 0.457 e. The molecule has 8 nitrogen and oxygen atoms in total. The Morgan fingerprint density at radius 2 is 1.58 bits per heavy atom. The van der Waals surface area contributed by atoms with Crippen LogP contribution in [-0.4, -0.2) is 21.2 Å². The van der Waals surface area contributed by atoms with Crippen LogP contribution < -0.4 is 21.6 Å². The van der Waals surface area contributed by atoms with Gasteiger partial charge in [-0.2, -0.15) is 20.1 Å². The fraction of sp³-hybridized carbons (Fsp3) is 0. The van der Waals surface area contributed by atoms with Crippen molar-refractivity contribution >= 4 is 24.1 Å². The molecule has 0 spiro atoms. The molecule has 0 aliphatic heterocycles. The molecule has 3 rings (SSSR count). The number of hydrazone groups is 1. The molecule has 8 heteroatoms. The van der Waals surface area contributed by atoms with Crippen LogP contribution in [0, 0.1) is 0 Å². The number of nitrogen functional groups attached to an aromatic ring is 2. The highest BCUT2D eigenvalue weighted by atomic mass is 16.5. The number of nitrogens with one attached hydrogen (secondary N) is 1. The van der Waals surface area contributed by atoms with Crippen LogP contribution in [0.3, 0.4) is 0 Å². The fourth-order valence-corrected chi connectivity index (χ4v) is 1.91. The lowest BCUT2D eigenvalue weighted by Gasteiger charge is -2.05. The third-order valence-corrected chi connectivity index (χ3v) is 2.89. The van der Waals surface area contributed by atoms with Crippen LogP contribution in [0.15, 0.2) is 59.7 Å². The van der Waals surface area contributed by atoms with Crippen LogP contribution in [0.4, 0.5) is 17.8 Å². The monoisotopic (exact) mass is 321 g/mol. The predicted octanol–water partition coefficient (Wildman–Crippen LogP) is 2.27. The van der Waals surface area contributed by atoms with Gasteiger partial charge in [-0.3, -0.25) is 0 Å². The van der Waals surface area contributed by atoms with E-state index in [1.54, 1.807) is 6.21 Å². The van der Waals surface area contributed by atoms with Crippen molar-refractivity contribution in [3.8, 4) is 11.5 Å². The molecular formula is C16H15N7O. The van der Waals surface area contributed by atoms with E-state index in [1.807, 2.05) is 54.6 Å². The van der Waals surface area contributed by atoms with Crippen LogP contribution >= 0.6 is 0 Å². The Bertz CT molecular complexity index is 832. The van der Waals surface area contributed by atoms with Gasteiger partial charge >= 0.3 is 0 Å². The number of nitrogens with zero attached hydrogens (tertiary/aromatic N) is 4. The van der Waals surface area contributed by atoms with E-state index in [2.05, 4.69) is 25.5 Å². The molecule has 120 valence electrons. The van der Waals surface area contributed by atoms with Crippen LogP contribution in [0.25, 0.3) is 0 Å². The third-order valence-electron chi connectivity index (χ3n) is 2.89. The summed E-state index contributed by atoms with van der Waals surface area (Å²) in [4.78, 5) is 11.4. The summed E-state index contributed by atoms with van der Waals surface area (Å²) in [5.74, 6) is 1.70. The van der Waals surface area contributed by atoms with Gasteiger partial charge in [0.2, 0.25) is 17.8 Å². The molecule has 0 saturated carbocycles. The summed E-state index contributed by atoms with van der Waals surface area (Å²) in [5.41, 5.74) is 14.5. The molecule has 0 aliphatic carbocycles. The third kappa shape index (κ3) is 4.17. The van der Waals surface area contributed by atoms with Crippen molar-refractivity contribution in [1.82, 2.24) is 15.0 Å². The Kier molecular flexibility index (Phi) is 4.47. The van der Waals surface area contributed by atoms with E-state index in [1.165, 1.54) is 0 Å². The van der Waals surface area contributed by atoms with Gasteiger partial charge in [-0.15, -0.1) is 0 Å². The van der Waals surface area contributed by atoms with E-state index in [-0.39, 0.29) is 17.8 Å². The van der Waals surface area contributed by atoms with Crippen LogP contribution in [0.5, 0.6) is 11.5 Å². The average molecular weight is 321 g/mol. The van der Waals surface area contributed by atoms with Gasteiger partial charge in [-0.05, 0) is 29.8 Å². The smallest absolute Gasteiger partial charge is 0.250 e. The number of anilines is 3. The fourth-order valence-electron chi connectivity index (χ4n) is 1.91. The lowest BCUT2D eigenvalue weighted by atomic mass is 10.2. The molecule has 5 N–H and O–H groups in total. The van der Waals surface area contributed by atoms with Gasteiger partial charge in [0.15, 0.2) is 0 Å². The topological polar surface area (TPSA) is 124 Å². The molecule has 3 aromatic rings. The predicted molar refractivity (Wildman–Crippen MR) is 92.8 cm³/mol. The first-order chi connectivity index (χ1) is 11.7. The van der Waals surface area contributed by atoms with E-state index < -0.39 is 0 Å². The maximum atomic E-state index is 5.77. The summed E-state index contributed by atoms with van der Waals surface area (Å²) in [6, 6.07) is 17.0. The van der Waals surface area contributed by atoms with Crippen molar-refractivity contribution in [3.63, 3.8) is 0 Å². The maximum absolute atomic E-state index is 5.77. The van der Waals surface area contributed by atoms with Gasteiger partial charge in [0.05, 0.1) is 6.21 Å². The minimum atomic E-state index is 0.0264. The summed E-state index contributed by atoms with van der Waals surface area (Å²) in [5, 5.41) is 4.05. The standard InChI is InChI=1S/C16H15N7O/c17-14-20-15(18)22-16(21-14)23-19-10-11-5-4-8-13(9-11)24-12-6-2-1-3-7-12/h1-10H,(H5,17,18,20,21,22,23)/b19-10-. The molecular weight excluding hydrogens is 306 g/mol. The molecule has 24 heavy (non-hydrogen) atoms. The second kappa shape index (κ2) is 7.05. The summed E-state index contributed by atoms with van der Waals surface area (Å²) >= 11 is 0. The molecule has 0 aliphatic rings. The molecule has 0 saturated heterocycles. The van der Waals surface area contributed by atoms with Gasteiger partial charge in [-0.25, -0.2) is 5.43 Å². The minimum Gasteiger partial charge on any atom is -0.457 e. The van der Waals surface area contributed by atoms with Crippen molar-refractivity contribution < 1.29 is 4.74 Å². The molecule has 2 aromatic carbocycles. The van der Waals surface area contributed by atoms with Gasteiger partial charge in [0, 0.05) is 0 Å². The molecule has 0 unspecified atom stereocenters. The van der Waals surface area contributed by atoms with Gasteiger partial charge in [0.1, 0.15) is 11.5 Å². The average Bonchev–Trinajstić information content (AvgIpc) is 2.55. The molecule has 0 atom stereocenters. The zero-order valence-corrected chi connectivity index (χ0v) is 12.6. The number of benzene rings is 2. The quantitative estimate of drug-likeness (QED) is 0.486. The number of rotatable bonds is 5.